The van der Waals surface area contributed by atoms with Crippen molar-refractivity contribution in [1.82, 2.24) is 9.55 Å². The molecule has 0 atom stereocenters. The Morgan fingerprint density at radius 2 is 1.44 bits per heavy atom. The van der Waals surface area contributed by atoms with E-state index in [1.807, 2.05) is 25.3 Å². The molecule has 0 bridgehead atoms. The minimum absolute atomic E-state index is 0.536. The Bertz CT molecular complexity index is 1420. The van der Waals surface area contributed by atoms with Crippen molar-refractivity contribution < 1.29 is 0 Å². The highest BCUT2D eigenvalue weighted by Crippen LogP contribution is 2.34. The minimum atomic E-state index is 0.536. The summed E-state index contributed by atoms with van der Waals surface area (Å²) in [6, 6.07) is 24.1. The van der Waals surface area contributed by atoms with Crippen molar-refractivity contribution in [2.75, 3.05) is 0 Å². The van der Waals surface area contributed by atoms with Gasteiger partial charge in [-0.05, 0) is 83.2 Å². The molecule has 0 saturated heterocycles. The Hall–Kier alpha value is -3.91. The molecule has 1 aromatic heterocycles. The van der Waals surface area contributed by atoms with Crippen LogP contribution in [0.4, 0.5) is 0 Å². The Morgan fingerprint density at radius 1 is 0.829 bits per heavy atom. The summed E-state index contributed by atoms with van der Waals surface area (Å²) in [4.78, 5) is 4.88. The number of allylic oxidation sites excluding steroid dienone is 5. The fourth-order valence-corrected chi connectivity index (χ4v) is 5.07. The zero-order valence-electron chi connectivity index (χ0n) is 26.2. The molecular formula is C39H48N2. The first-order valence-corrected chi connectivity index (χ1v) is 15.1. The molecule has 0 radical (unpaired) electrons. The number of hydrogen-bond donors (Lipinski definition) is 0. The molecule has 0 aliphatic heterocycles. The van der Waals surface area contributed by atoms with Crippen LogP contribution in [0.5, 0.6) is 0 Å². The van der Waals surface area contributed by atoms with Crippen LogP contribution in [0.15, 0.2) is 110 Å². The van der Waals surface area contributed by atoms with Gasteiger partial charge in [-0.3, -0.25) is 4.57 Å². The lowest BCUT2D eigenvalue weighted by Gasteiger charge is -2.22. The van der Waals surface area contributed by atoms with Gasteiger partial charge in [-0.25, -0.2) is 4.98 Å². The summed E-state index contributed by atoms with van der Waals surface area (Å²) in [6.07, 6.45) is 15.4. The van der Waals surface area contributed by atoms with Gasteiger partial charge >= 0.3 is 0 Å². The maximum atomic E-state index is 4.88. The number of nitrogens with zero attached hydrogens (tertiary/aromatic N) is 2. The van der Waals surface area contributed by atoms with Gasteiger partial charge in [0, 0.05) is 18.0 Å². The molecule has 1 heterocycles. The maximum absolute atomic E-state index is 4.88. The second-order valence-corrected chi connectivity index (χ2v) is 11.5. The van der Waals surface area contributed by atoms with Gasteiger partial charge in [0.25, 0.3) is 0 Å². The topological polar surface area (TPSA) is 17.8 Å². The van der Waals surface area contributed by atoms with E-state index < -0.39 is 0 Å². The smallest absolute Gasteiger partial charge is 0.144 e. The van der Waals surface area contributed by atoms with Gasteiger partial charge in [-0.1, -0.05) is 127 Å². The lowest BCUT2D eigenvalue weighted by atomic mass is 9.90. The summed E-state index contributed by atoms with van der Waals surface area (Å²) in [5.74, 6) is 2.03. The van der Waals surface area contributed by atoms with Crippen LogP contribution in [0.1, 0.15) is 71.6 Å². The number of aromatic nitrogens is 2. The Kier molecular flexibility index (Phi) is 12.2. The van der Waals surface area contributed by atoms with Gasteiger partial charge < -0.3 is 0 Å². The van der Waals surface area contributed by atoms with E-state index in [-0.39, 0.29) is 0 Å². The van der Waals surface area contributed by atoms with Crippen molar-refractivity contribution in [3.63, 3.8) is 0 Å². The van der Waals surface area contributed by atoms with Gasteiger partial charge in [0.15, 0.2) is 0 Å². The molecule has 0 amide bonds. The zero-order chi connectivity index (χ0) is 29.8. The molecule has 0 aliphatic carbocycles. The summed E-state index contributed by atoms with van der Waals surface area (Å²) in [5.41, 5.74) is 9.88. The largest absolute Gasteiger partial charge is 0.299 e. The Balaban J connectivity index is 0.00000147. The molecule has 2 heteroatoms. The van der Waals surface area contributed by atoms with Crippen molar-refractivity contribution in [3.8, 4) is 28.2 Å². The van der Waals surface area contributed by atoms with Crippen molar-refractivity contribution in [2.24, 2.45) is 11.8 Å². The fraction of sp³-hybridized carbons (Fsp3) is 0.308. The molecule has 41 heavy (non-hydrogen) atoms. The molecule has 3 aromatic carbocycles. The van der Waals surface area contributed by atoms with Crippen LogP contribution in [-0.2, 0) is 12.8 Å². The minimum Gasteiger partial charge on any atom is -0.299 e. The lowest BCUT2D eigenvalue weighted by Crippen LogP contribution is -2.10. The predicted molar refractivity (Wildman–Crippen MR) is 180 cm³/mol. The third-order valence-corrected chi connectivity index (χ3v) is 6.66. The first-order chi connectivity index (χ1) is 19.8. The average Bonchev–Trinajstić information content (AvgIpc) is 3.43. The van der Waals surface area contributed by atoms with E-state index in [1.165, 1.54) is 34.4 Å². The molecule has 4 aromatic rings. The first-order valence-electron chi connectivity index (χ1n) is 15.1. The summed E-state index contributed by atoms with van der Waals surface area (Å²) < 4.78 is 2.31. The third kappa shape index (κ3) is 8.54. The van der Waals surface area contributed by atoms with Crippen molar-refractivity contribution >= 4 is 5.57 Å². The Morgan fingerprint density at radius 3 is 2.00 bits per heavy atom. The number of hydrogen-bond acceptors (Lipinski definition) is 1. The molecule has 0 aliphatic rings. The average molecular weight is 545 g/mol. The van der Waals surface area contributed by atoms with E-state index in [2.05, 4.69) is 138 Å². The standard InChI is InChI=1S/C36H40N2.C3H8/c1-7-9-14-28(8-2)30-17-13-18-31(23-30)36-37-19-20-38(36)35-33(21-26(3)4)24-32(25-34(35)22-27(5)6)29-15-11-10-12-16-29;1-3-2/h7-20,23-27H,2,21-22H2,1,3-6H3;3H2,1-2H3/b9-7-,28-14+;. The maximum Gasteiger partial charge on any atom is 0.144 e. The monoisotopic (exact) mass is 544 g/mol. The highest BCUT2D eigenvalue weighted by atomic mass is 15.1. The Labute approximate surface area is 249 Å². The molecule has 0 unspecified atom stereocenters. The van der Waals surface area contributed by atoms with Crippen LogP contribution in [-0.4, -0.2) is 9.55 Å². The van der Waals surface area contributed by atoms with Crippen LogP contribution < -0.4 is 0 Å². The molecule has 0 spiro atoms. The first kappa shape index (κ1) is 31.6. The number of imidazole rings is 1. The van der Waals surface area contributed by atoms with Crippen LogP contribution in [0.25, 0.3) is 33.8 Å². The van der Waals surface area contributed by atoms with Gasteiger partial charge in [-0.15, -0.1) is 0 Å². The predicted octanol–water partition coefficient (Wildman–Crippen LogP) is 11.2. The molecule has 0 saturated carbocycles. The molecule has 214 valence electrons. The highest BCUT2D eigenvalue weighted by Gasteiger charge is 2.19. The molecule has 0 N–H and O–H groups in total. The molecule has 4 rings (SSSR count). The van der Waals surface area contributed by atoms with E-state index in [4.69, 9.17) is 4.98 Å². The molecular weight excluding hydrogens is 496 g/mol. The summed E-state index contributed by atoms with van der Waals surface area (Å²) in [7, 11) is 0. The van der Waals surface area contributed by atoms with Crippen LogP contribution in [0.2, 0.25) is 0 Å². The van der Waals surface area contributed by atoms with E-state index in [9.17, 15) is 0 Å². The quantitative estimate of drug-likeness (QED) is 0.182. The van der Waals surface area contributed by atoms with E-state index in [0.717, 1.165) is 35.4 Å². The highest BCUT2D eigenvalue weighted by molar-refractivity contribution is 5.78. The fourth-order valence-electron chi connectivity index (χ4n) is 5.07. The van der Waals surface area contributed by atoms with Gasteiger partial charge in [0.1, 0.15) is 5.82 Å². The van der Waals surface area contributed by atoms with Crippen molar-refractivity contribution in [1.29, 1.82) is 0 Å². The van der Waals surface area contributed by atoms with Crippen molar-refractivity contribution in [2.45, 2.75) is 67.7 Å². The number of rotatable bonds is 10. The number of benzene rings is 3. The van der Waals surface area contributed by atoms with Gasteiger partial charge in [0.2, 0.25) is 0 Å². The van der Waals surface area contributed by atoms with Crippen LogP contribution in [0, 0.1) is 11.8 Å². The zero-order valence-corrected chi connectivity index (χ0v) is 26.2. The SMILES string of the molecule is C=C/C(=C\C=C/C)c1cccc(-c2nccn2-c2c(CC(C)C)cc(-c3ccccc3)cc2CC(C)C)c1.CCC. The van der Waals surface area contributed by atoms with Gasteiger partial charge in [0.05, 0.1) is 5.69 Å². The second kappa shape index (κ2) is 15.8. The second-order valence-electron chi connectivity index (χ2n) is 11.5. The van der Waals surface area contributed by atoms with Crippen molar-refractivity contribution in [3.05, 3.63) is 127 Å². The van der Waals surface area contributed by atoms with Crippen LogP contribution >= 0.6 is 0 Å². The van der Waals surface area contributed by atoms with E-state index in [0.29, 0.717) is 11.8 Å². The summed E-state index contributed by atoms with van der Waals surface area (Å²) in [6.45, 7) is 19.5. The van der Waals surface area contributed by atoms with Gasteiger partial charge in [-0.2, -0.15) is 0 Å². The van der Waals surface area contributed by atoms with Crippen LogP contribution in [0.3, 0.4) is 0 Å². The lowest BCUT2D eigenvalue weighted by molar-refractivity contribution is 0.631. The molecule has 2 nitrogen and oxygen atoms in total. The third-order valence-electron chi connectivity index (χ3n) is 6.66. The normalized spacial score (nSPS) is 11.7. The van der Waals surface area contributed by atoms with E-state index in [1.54, 1.807) is 0 Å². The van der Waals surface area contributed by atoms with E-state index >= 15 is 0 Å². The molecule has 0 fully saturated rings. The summed E-state index contributed by atoms with van der Waals surface area (Å²) in [5, 5.41) is 0. The summed E-state index contributed by atoms with van der Waals surface area (Å²) >= 11 is 0.